The van der Waals surface area contributed by atoms with E-state index in [1.54, 1.807) is 12.1 Å². The first-order valence-corrected chi connectivity index (χ1v) is 6.12. The van der Waals surface area contributed by atoms with Gasteiger partial charge in [0.1, 0.15) is 11.6 Å². The molecule has 0 saturated carbocycles. The van der Waals surface area contributed by atoms with E-state index in [0.29, 0.717) is 5.56 Å². The minimum atomic E-state index is -0.567. The van der Waals surface area contributed by atoms with E-state index in [1.165, 1.54) is 12.1 Å². The summed E-state index contributed by atoms with van der Waals surface area (Å²) < 4.78 is 18.4. The van der Waals surface area contributed by atoms with E-state index in [1.807, 2.05) is 19.1 Å². The first kappa shape index (κ1) is 13.6. The fraction of sp³-hybridized carbons (Fsp3) is 0.133. The fourth-order valence-electron chi connectivity index (χ4n) is 1.62. The molecule has 0 saturated heterocycles. The number of ether oxygens (including phenoxy) is 1. The SMILES string of the molecule is Cc1cccc(C(=O)COc2ccc(Cl)c(F)c2)c1. The maximum Gasteiger partial charge on any atom is 0.200 e. The second-order valence-corrected chi connectivity index (χ2v) is 4.56. The average molecular weight is 279 g/mol. The second kappa shape index (κ2) is 5.85. The van der Waals surface area contributed by atoms with E-state index in [9.17, 15) is 9.18 Å². The van der Waals surface area contributed by atoms with Crippen LogP contribution in [0, 0.1) is 12.7 Å². The fourth-order valence-corrected chi connectivity index (χ4v) is 1.73. The van der Waals surface area contributed by atoms with Gasteiger partial charge in [-0.2, -0.15) is 0 Å². The van der Waals surface area contributed by atoms with Crippen LogP contribution >= 0.6 is 11.6 Å². The molecule has 0 heterocycles. The summed E-state index contributed by atoms with van der Waals surface area (Å²) in [5, 5.41) is 0.0253. The first-order chi connectivity index (χ1) is 9.06. The van der Waals surface area contributed by atoms with E-state index in [0.717, 1.165) is 11.6 Å². The largest absolute Gasteiger partial charge is 0.485 e. The van der Waals surface area contributed by atoms with Crippen LogP contribution in [0.5, 0.6) is 5.75 Å². The van der Waals surface area contributed by atoms with Crippen molar-refractivity contribution >= 4 is 17.4 Å². The predicted molar refractivity (Wildman–Crippen MR) is 72.4 cm³/mol. The van der Waals surface area contributed by atoms with Crippen molar-refractivity contribution in [1.82, 2.24) is 0 Å². The van der Waals surface area contributed by atoms with E-state index >= 15 is 0 Å². The normalized spacial score (nSPS) is 10.3. The van der Waals surface area contributed by atoms with Crippen molar-refractivity contribution in [2.45, 2.75) is 6.92 Å². The van der Waals surface area contributed by atoms with Crippen molar-refractivity contribution in [3.05, 3.63) is 64.4 Å². The maximum atomic E-state index is 13.2. The Morgan fingerprint density at radius 2 is 2.05 bits per heavy atom. The lowest BCUT2D eigenvalue weighted by Crippen LogP contribution is -2.11. The number of halogens is 2. The van der Waals surface area contributed by atoms with E-state index in [-0.39, 0.29) is 23.2 Å². The number of hydrogen-bond donors (Lipinski definition) is 0. The Bertz CT molecular complexity index is 611. The van der Waals surface area contributed by atoms with Crippen LogP contribution in [-0.4, -0.2) is 12.4 Å². The molecule has 2 nitrogen and oxygen atoms in total. The summed E-state index contributed by atoms with van der Waals surface area (Å²) in [6.45, 7) is 1.77. The third kappa shape index (κ3) is 3.55. The summed E-state index contributed by atoms with van der Waals surface area (Å²) in [4.78, 5) is 11.9. The Hall–Kier alpha value is -1.87. The minimum Gasteiger partial charge on any atom is -0.485 e. The molecule has 2 aromatic carbocycles. The van der Waals surface area contributed by atoms with E-state index in [4.69, 9.17) is 16.3 Å². The van der Waals surface area contributed by atoms with Crippen LogP contribution in [-0.2, 0) is 0 Å². The molecule has 4 heteroatoms. The lowest BCUT2D eigenvalue weighted by molar-refractivity contribution is 0.0921. The summed E-state index contributed by atoms with van der Waals surface area (Å²) in [5.74, 6) is -0.441. The van der Waals surface area contributed by atoms with Crippen molar-refractivity contribution in [3.63, 3.8) is 0 Å². The van der Waals surface area contributed by atoms with Gasteiger partial charge in [0.05, 0.1) is 5.02 Å². The topological polar surface area (TPSA) is 26.3 Å². The predicted octanol–water partition coefficient (Wildman–Crippen LogP) is 4.05. The zero-order valence-corrected chi connectivity index (χ0v) is 11.1. The molecule has 0 fully saturated rings. The van der Waals surface area contributed by atoms with Crippen LogP contribution in [0.4, 0.5) is 4.39 Å². The first-order valence-electron chi connectivity index (χ1n) is 5.74. The number of carbonyl (C=O) groups is 1. The molecule has 0 spiro atoms. The standard InChI is InChI=1S/C15H12ClFO2/c1-10-3-2-4-11(7-10)15(18)9-19-12-5-6-13(16)14(17)8-12/h2-8H,9H2,1H3. The Kier molecular flexibility index (Phi) is 4.17. The Labute approximate surface area is 115 Å². The molecular weight excluding hydrogens is 267 g/mol. The number of rotatable bonds is 4. The highest BCUT2D eigenvalue weighted by molar-refractivity contribution is 6.30. The molecule has 0 amide bonds. The van der Waals surface area contributed by atoms with Crippen LogP contribution < -0.4 is 4.74 Å². The number of aryl methyl sites for hydroxylation is 1. The molecule has 0 bridgehead atoms. The van der Waals surface area contributed by atoms with Gasteiger partial charge in [-0.15, -0.1) is 0 Å². The molecule has 2 rings (SSSR count). The van der Waals surface area contributed by atoms with Gasteiger partial charge >= 0.3 is 0 Å². The quantitative estimate of drug-likeness (QED) is 0.789. The molecule has 0 N–H and O–H groups in total. The maximum absolute atomic E-state index is 13.2. The van der Waals surface area contributed by atoms with Crippen molar-refractivity contribution in [1.29, 1.82) is 0 Å². The van der Waals surface area contributed by atoms with Gasteiger partial charge in [-0.05, 0) is 25.1 Å². The molecule has 0 aliphatic heterocycles. The van der Waals surface area contributed by atoms with Gasteiger partial charge in [-0.3, -0.25) is 4.79 Å². The van der Waals surface area contributed by atoms with E-state index < -0.39 is 5.82 Å². The molecule has 0 aromatic heterocycles. The monoisotopic (exact) mass is 278 g/mol. The highest BCUT2D eigenvalue weighted by Gasteiger charge is 2.08. The molecular formula is C15H12ClFO2. The van der Waals surface area contributed by atoms with Crippen molar-refractivity contribution in [2.24, 2.45) is 0 Å². The number of ketones is 1. The number of hydrogen-bond acceptors (Lipinski definition) is 2. The van der Waals surface area contributed by atoms with Gasteiger partial charge in [0.25, 0.3) is 0 Å². The zero-order valence-electron chi connectivity index (χ0n) is 10.3. The van der Waals surface area contributed by atoms with Gasteiger partial charge < -0.3 is 4.74 Å². The second-order valence-electron chi connectivity index (χ2n) is 4.16. The third-order valence-electron chi connectivity index (χ3n) is 2.60. The van der Waals surface area contributed by atoms with Crippen LogP contribution in [0.15, 0.2) is 42.5 Å². The number of benzene rings is 2. The lowest BCUT2D eigenvalue weighted by Gasteiger charge is -2.06. The Morgan fingerprint density at radius 3 is 2.74 bits per heavy atom. The molecule has 2 aromatic rings. The molecule has 0 atom stereocenters. The Morgan fingerprint density at radius 1 is 1.26 bits per heavy atom. The molecule has 98 valence electrons. The summed E-state index contributed by atoms with van der Waals surface area (Å²) >= 11 is 5.56. The molecule has 19 heavy (non-hydrogen) atoms. The van der Waals surface area contributed by atoms with Gasteiger partial charge in [0, 0.05) is 11.6 Å². The molecule has 0 radical (unpaired) electrons. The molecule has 0 aliphatic rings. The molecule has 0 unspecified atom stereocenters. The van der Waals surface area contributed by atoms with Crippen molar-refractivity contribution < 1.29 is 13.9 Å². The smallest absolute Gasteiger partial charge is 0.200 e. The highest BCUT2D eigenvalue weighted by Crippen LogP contribution is 2.20. The van der Waals surface area contributed by atoms with Gasteiger partial charge in [-0.25, -0.2) is 4.39 Å². The number of carbonyl (C=O) groups excluding carboxylic acids is 1. The van der Waals surface area contributed by atoms with Crippen LogP contribution in [0.25, 0.3) is 0 Å². The minimum absolute atomic E-state index is 0.0253. The third-order valence-corrected chi connectivity index (χ3v) is 2.91. The van der Waals surface area contributed by atoms with E-state index in [2.05, 4.69) is 0 Å². The summed E-state index contributed by atoms with van der Waals surface area (Å²) in [6.07, 6.45) is 0. The summed E-state index contributed by atoms with van der Waals surface area (Å²) in [7, 11) is 0. The zero-order chi connectivity index (χ0) is 13.8. The lowest BCUT2D eigenvalue weighted by atomic mass is 10.1. The molecule has 0 aliphatic carbocycles. The average Bonchev–Trinajstić information content (AvgIpc) is 2.40. The van der Waals surface area contributed by atoms with Crippen molar-refractivity contribution in [3.8, 4) is 5.75 Å². The number of Topliss-reactive ketones (excluding diaryl/α,β-unsaturated/α-hetero) is 1. The van der Waals surface area contributed by atoms with Gasteiger partial charge in [0.2, 0.25) is 0 Å². The highest BCUT2D eigenvalue weighted by atomic mass is 35.5. The Balaban J connectivity index is 2.02. The van der Waals surface area contributed by atoms with Crippen molar-refractivity contribution in [2.75, 3.05) is 6.61 Å². The van der Waals surface area contributed by atoms with Crippen LogP contribution in [0.1, 0.15) is 15.9 Å². The van der Waals surface area contributed by atoms with Crippen LogP contribution in [0.3, 0.4) is 0 Å². The summed E-state index contributed by atoms with van der Waals surface area (Å²) in [6, 6.07) is 11.3. The summed E-state index contributed by atoms with van der Waals surface area (Å²) in [5.41, 5.74) is 1.58. The van der Waals surface area contributed by atoms with Gasteiger partial charge in [0.15, 0.2) is 12.4 Å². The van der Waals surface area contributed by atoms with Gasteiger partial charge in [-0.1, -0.05) is 35.4 Å². The van der Waals surface area contributed by atoms with Crippen LogP contribution in [0.2, 0.25) is 5.02 Å².